The number of halogens is 3. The molecule has 0 unspecified atom stereocenters. The van der Waals surface area contributed by atoms with Crippen molar-refractivity contribution >= 4 is 11.6 Å². The van der Waals surface area contributed by atoms with E-state index in [-0.39, 0.29) is 23.4 Å². The Morgan fingerprint density at radius 1 is 1.11 bits per heavy atom. The van der Waals surface area contributed by atoms with Gasteiger partial charge >= 0.3 is 0 Å². The van der Waals surface area contributed by atoms with Crippen molar-refractivity contribution in [3.63, 3.8) is 0 Å². The van der Waals surface area contributed by atoms with Crippen LogP contribution in [0, 0.1) is 17.5 Å². The van der Waals surface area contributed by atoms with Crippen LogP contribution in [0.3, 0.4) is 0 Å². The van der Waals surface area contributed by atoms with Crippen molar-refractivity contribution in [1.29, 1.82) is 0 Å². The van der Waals surface area contributed by atoms with Crippen LogP contribution in [-0.2, 0) is 21.7 Å². The molecule has 27 heavy (non-hydrogen) atoms. The lowest BCUT2D eigenvalue weighted by atomic mass is 9.86. The molecular weight excluding hydrogens is 359 g/mol. The molecule has 5 nitrogen and oxygen atoms in total. The summed E-state index contributed by atoms with van der Waals surface area (Å²) >= 11 is 0. The average molecular weight is 373 g/mol. The zero-order chi connectivity index (χ0) is 19.2. The van der Waals surface area contributed by atoms with Gasteiger partial charge in [0.05, 0.1) is 23.5 Å². The topological polar surface area (TPSA) is 58.2 Å². The van der Waals surface area contributed by atoms with Gasteiger partial charge in [-0.05, 0) is 35.9 Å². The van der Waals surface area contributed by atoms with E-state index in [1.54, 1.807) is 6.07 Å². The molecule has 1 aromatic heterocycles. The van der Waals surface area contributed by atoms with Crippen LogP contribution < -0.4 is 4.90 Å². The molecule has 0 radical (unpaired) electrons. The van der Waals surface area contributed by atoms with Gasteiger partial charge in [-0.2, -0.15) is 5.10 Å². The van der Waals surface area contributed by atoms with E-state index in [1.807, 2.05) is 0 Å². The molecule has 0 saturated heterocycles. The Morgan fingerprint density at radius 3 is 2.48 bits per heavy atom. The summed E-state index contributed by atoms with van der Waals surface area (Å²) in [5, 5.41) is 6.56. The molecule has 2 heterocycles. The van der Waals surface area contributed by atoms with Crippen molar-refractivity contribution in [3.05, 3.63) is 82.9 Å². The number of nitrogens with zero attached hydrogens (tertiary/aromatic N) is 2. The molecule has 1 aliphatic heterocycles. The number of aromatic nitrogens is 2. The molecule has 1 amide bonds. The van der Waals surface area contributed by atoms with Gasteiger partial charge < -0.3 is 9.64 Å². The van der Waals surface area contributed by atoms with E-state index < -0.39 is 29.0 Å². The van der Waals surface area contributed by atoms with Crippen LogP contribution >= 0.6 is 0 Å². The number of hydrogen-bond donors (Lipinski definition) is 1. The summed E-state index contributed by atoms with van der Waals surface area (Å²) in [6.07, 6.45) is 1.52. The van der Waals surface area contributed by atoms with Crippen molar-refractivity contribution in [2.45, 2.75) is 12.1 Å². The molecule has 3 aromatic rings. The Labute approximate surface area is 152 Å². The minimum Gasteiger partial charge on any atom is -0.359 e. The minimum atomic E-state index is -1.92. The molecular formula is C19H14F3N3O2. The number of amides is 1. The highest BCUT2D eigenvalue weighted by atomic mass is 19.2. The third-order valence-electron chi connectivity index (χ3n) is 4.71. The lowest BCUT2D eigenvalue weighted by molar-refractivity contribution is -0.135. The number of H-pyrrole nitrogens is 1. The van der Waals surface area contributed by atoms with Gasteiger partial charge in [-0.1, -0.05) is 12.1 Å². The monoisotopic (exact) mass is 373 g/mol. The van der Waals surface area contributed by atoms with E-state index >= 15 is 0 Å². The van der Waals surface area contributed by atoms with Crippen molar-refractivity contribution in [1.82, 2.24) is 10.2 Å². The molecule has 1 aliphatic rings. The van der Waals surface area contributed by atoms with Crippen molar-refractivity contribution in [2.24, 2.45) is 0 Å². The van der Waals surface area contributed by atoms with Crippen LogP contribution in [0.15, 0.2) is 48.7 Å². The summed E-state index contributed by atoms with van der Waals surface area (Å²) in [6.45, 7) is 0.0587. The maximum absolute atomic E-state index is 14.8. The smallest absolute Gasteiger partial charge is 0.269 e. The molecule has 138 valence electrons. The Kier molecular flexibility index (Phi) is 4.00. The number of fused-ring (bicyclic) bond motifs is 1. The molecule has 0 saturated carbocycles. The predicted molar refractivity (Wildman–Crippen MR) is 90.3 cm³/mol. The summed E-state index contributed by atoms with van der Waals surface area (Å²) in [7, 11) is 1.23. The number of carbonyl (C=O) groups excluding carboxylic acids is 1. The third-order valence-corrected chi connectivity index (χ3v) is 4.71. The second kappa shape index (κ2) is 6.24. The second-order valence-electron chi connectivity index (χ2n) is 6.12. The number of nitrogens with one attached hydrogen (secondary N) is 1. The van der Waals surface area contributed by atoms with Crippen molar-refractivity contribution < 1.29 is 22.7 Å². The first-order valence-corrected chi connectivity index (χ1v) is 8.09. The van der Waals surface area contributed by atoms with E-state index in [0.717, 1.165) is 18.2 Å². The SMILES string of the molecule is CO[C@]1(c2ccc(F)cc2)C(=O)N(Cc2ccn[nH]2)c2ccc(F)c(F)c21. The van der Waals surface area contributed by atoms with Crippen LogP contribution in [0.5, 0.6) is 0 Å². The van der Waals surface area contributed by atoms with Crippen molar-refractivity contribution in [2.75, 3.05) is 12.0 Å². The average Bonchev–Trinajstić information content (AvgIpc) is 3.26. The molecule has 4 rings (SSSR count). The summed E-state index contributed by atoms with van der Waals surface area (Å²) < 4.78 is 47.8. The predicted octanol–water partition coefficient (Wildman–Crippen LogP) is 3.26. The third kappa shape index (κ3) is 2.44. The number of rotatable bonds is 4. The number of carbonyl (C=O) groups is 1. The molecule has 2 aromatic carbocycles. The van der Waals surface area contributed by atoms with Crippen molar-refractivity contribution in [3.8, 4) is 0 Å². The molecule has 1 atom stereocenters. The van der Waals surface area contributed by atoms with E-state index in [4.69, 9.17) is 4.74 Å². The number of aromatic amines is 1. The number of benzene rings is 2. The molecule has 0 spiro atoms. The van der Waals surface area contributed by atoms with Gasteiger partial charge in [0.2, 0.25) is 5.60 Å². The fraction of sp³-hybridized carbons (Fsp3) is 0.158. The summed E-state index contributed by atoms with van der Waals surface area (Å²) in [6, 6.07) is 8.87. The highest BCUT2D eigenvalue weighted by molar-refractivity contribution is 6.09. The number of ether oxygens (including phenoxy) is 1. The van der Waals surface area contributed by atoms with Gasteiger partial charge in [0.15, 0.2) is 11.6 Å². The van der Waals surface area contributed by atoms with Gasteiger partial charge in [0.1, 0.15) is 5.82 Å². The molecule has 0 bridgehead atoms. The first-order valence-electron chi connectivity index (χ1n) is 8.09. The molecule has 1 N–H and O–H groups in total. The van der Waals surface area contributed by atoms with E-state index in [9.17, 15) is 18.0 Å². The van der Waals surface area contributed by atoms with Crippen LogP contribution in [-0.4, -0.2) is 23.2 Å². The first-order chi connectivity index (χ1) is 13.0. The van der Waals surface area contributed by atoms with Gasteiger partial charge in [-0.25, -0.2) is 13.2 Å². The lowest BCUT2D eigenvalue weighted by Crippen LogP contribution is -2.42. The normalized spacial score (nSPS) is 18.8. The fourth-order valence-corrected chi connectivity index (χ4v) is 3.47. The van der Waals surface area contributed by atoms with Crippen LogP contribution in [0.2, 0.25) is 0 Å². The quantitative estimate of drug-likeness (QED) is 0.764. The van der Waals surface area contributed by atoms with Gasteiger partial charge in [0, 0.05) is 13.3 Å². The van der Waals surface area contributed by atoms with Crippen LogP contribution in [0.4, 0.5) is 18.9 Å². The highest BCUT2D eigenvalue weighted by Gasteiger charge is 2.55. The molecule has 0 aliphatic carbocycles. The number of anilines is 1. The minimum absolute atomic E-state index is 0.0587. The first kappa shape index (κ1) is 17.3. The maximum atomic E-state index is 14.8. The van der Waals surface area contributed by atoms with E-state index in [2.05, 4.69) is 10.2 Å². The number of hydrogen-bond acceptors (Lipinski definition) is 3. The van der Waals surface area contributed by atoms with Gasteiger partial charge in [0.25, 0.3) is 5.91 Å². The number of methoxy groups -OCH3 is 1. The Morgan fingerprint density at radius 2 is 1.85 bits per heavy atom. The Bertz CT molecular complexity index is 1010. The maximum Gasteiger partial charge on any atom is 0.269 e. The largest absolute Gasteiger partial charge is 0.359 e. The zero-order valence-corrected chi connectivity index (χ0v) is 14.2. The second-order valence-corrected chi connectivity index (χ2v) is 6.12. The summed E-state index contributed by atoms with van der Waals surface area (Å²) in [5.74, 6) is -3.41. The van der Waals surface area contributed by atoms with Gasteiger partial charge in [-0.3, -0.25) is 9.89 Å². The van der Waals surface area contributed by atoms with Gasteiger partial charge in [-0.15, -0.1) is 0 Å². The molecule has 8 heteroatoms. The summed E-state index contributed by atoms with van der Waals surface area (Å²) in [5.41, 5.74) is -1.17. The molecule has 0 fully saturated rings. The Hall–Kier alpha value is -3.13. The standard InChI is InChI=1S/C19H14F3N3O2/c1-27-19(11-2-4-12(20)5-3-11)16-15(7-6-14(21)17(16)22)25(18(19)26)10-13-8-9-23-24-13/h2-9H,10H2,1H3,(H,23,24)/t19-/m0/s1. The van der Waals surface area contributed by atoms with E-state index in [1.165, 1.54) is 36.4 Å². The van der Waals surface area contributed by atoms with Crippen LogP contribution in [0.25, 0.3) is 0 Å². The Balaban J connectivity index is 1.96. The highest BCUT2D eigenvalue weighted by Crippen LogP contribution is 2.48. The summed E-state index contributed by atoms with van der Waals surface area (Å²) in [4.78, 5) is 14.7. The fourth-order valence-electron chi connectivity index (χ4n) is 3.47. The van der Waals surface area contributed by atoms with E-state index in [0.29, 0.717) is 5.69 Å². The lowest BCUT2D eigenvalue weighted by Gasteiger charge is -2.28. The van der Waals surface area contributed by atoms with Crippen LogP contribution in [0.1, 0.15) is 16.8 Å². The zero-order valence-electron chi connectivity index (χ0n) is 14.2.